The van der Waals surface area contributed by atoms with E-state index in [0.717, 1.165) is 31.0 Å². The van der Waals surface area contributed by atoms with Gasteiger partial charge in [0.05, 0.1) is 6.61 Å². The van der Waals surface area contributed by atoms with Gasteiger partial charge in [-0.05, 0) is 24.1 Å². The van der Waals surface area contributed by atoms with Crippen molar-refractivity contribution in [2.75, 3.05) is 6.61 Å². The smallest absolute Gasteiger partial charge is 0.388 e. The van der Waals surface area contributed by atoms with E-state index in [0.29, 0.717) is 23.2 Å². The van der Waals surface area contributed by atoms with Crippen LogP contribution in [0.15, 0.2) is 49.1 Å². The van der Waals surface area contributed by atoms with Crippen molar-refractivity contribution in [3.63, 3.8) is 0 Å². The molecule has 0 bridgehead atoms. The van der Waals surface area contributed by atoms with Gasteiger partial charge in [-0.1, -0.05) is 12.1 Å². The highest BCUT2D eigenvalue weighted by Crippen LogP contribution is 2.29. The molecule has 0 spiro atoms. The monoisotopic (exact) mass is 409 g/mol. The van der Waals surface area contributed by atoms with Crippen LogP contribution in [0.1, 0.15) is 17.0 Å². The lowest BCUT2D eigenvalue weighted by molar-refractivity contribution is -0.0528. The van der Waals surface area contributed by atoms with E-state index in [2.05, 4.69) is 31.0 Å². The Morgan fingerprint density at radius 3 is 2.87 bits per heavy atom. The largest absolute Gasteiger partial charge is 0.493 e. The lowest BCUT2D eigenvalue weighted by Gasteiger charge is -2.10. The maximum Gasteiger partial charge on any atom is 0.388 e. The topological polar surface area (TPSA) is 74.4 Å². The lowest BCUT2D eigenvalue weighted by Crippen LogP contribution is -2.05. The van der Waals surface area contributed by atoms with Crippen molar-refractivity contribution >= 4 is 5.65 Å². The van der Waals surface area contributed by atoms with Crippen LogP contribution in [0, 0.1) is 0 Å². The molecular formula is C21H17F2N5O2. The van der Waals surface area contributed by atoms with Crippen LogP contribution in [0.2, 0.25) is 0 Å². The fourth-order valence-electron chi connectivity index (χ4n) is 3.73. The minimum atomic E-state index is -2.91. The summed E-state index contributed by atoms with van der Waals surface area (Å²) in [6.07, 6.45) is 7.26. The van der Waals surface area contributed by atoms with Crippen LogP contribution in [0.4, 0.5) is 8.78 Å². The van der Waals surface area contributed by atoms with Crippen LogP contribution < -0.4 is 9.47 Å². The second kappa shape index (κ2) is 7.66. The Morgan fingerprint density at radius 1 is 1.10 bits per heavy atom. The maximum absolute atomic E-state index is 12.3. The summed E-state index contributed by atoms with van der Waals surface area (Å²) in [5.74, 6) is 1.66. The van der Waals surface area contributed by atoms with E-state index in [9.17, 15) is 8.78 Å². The first kappa shape index (κ1) is 18.4. The summed E-state index contributed by atoms with van der Waals surface area (Å²) < 4.78 is 36.4. The highest BCUT2D eigenvalue weighted by atomic mass is 19.3. The van der Waals surface area contributed by atoms with E-state index in [-0.39, 0.29) is 5.88 Å². The number of alkyl halides is 2. The van der Waals surface area contributed by atoms with E-state index in [1.54, 1.807) is 18.6 Å². The van der Waals surface area contributed by atoms with Gasteiger partial charge in [0.1, 0.15) is 17.9 Å². The van der Waals surface area contributed by atoms with Crippen LogP contribution >= 0.6 is 0 Å². The molecule has 5 rings (SSSR count). The number of hydrogen-bond donors (Lipinski definition) is 0. The zero-order valence-corrected chi connectivity index (χ0v) is 15.8. The number of hydrogen-bond acceptors (Lipinski definition) is 6. The van der Waals surface area contributed by atoms with Gasteiger partial charge in [-0.2, -0.15) is 8.78 Å². The van der Waals surface area contributed by atoms with Gasteiger partial charge in [0.15, 0.2) is 5.65 Å². The zero-order valence-electron chi connectivity index (χ0n) is 15.8. The zero-order chi connectivity index (χ0) is 20.5. The highest BCUT2D eigenvalue weighted by molar-refractivity contribution is 5.76. The Balaban J connectivity index is 1.41. The second-order valence-electron chi connectivity index (χ2n) is 6.87. The van der Waals surface area contributed by atoms with Crippen molar-refractivity contribution in [1.29, 1.82) is 0 Å². The minimum Gasteiger partial charge on any atom is -0.493 e. The van der Waals surface area contributed by atoms with Crippen LogP contribution in [-0.2, 0) is 19.3 Å². The van der Waals surface area contributed by atoms with E-state index in [1.807, 2.05) is 16.5 Å². The molecule has 30 heavy (non-hydrogen) atoms. The summed E-state index contributed by atoms with van der Waals surface area (Å²) in [5.41, 5.74) is 4.56. The third-order valence-corrected chi connectivity index (χ3v) is 5.12. The van der Waals surface area contributed by atoms with Crippen LogP contribution in [-0.4, -0.2) is 37.8 Å². The van der Waals surface area contributed by atoms with E-state index < -0.39 is 6.61 Å². The fourth-order valence-corrected chi connectivity index (χ4v) is 3.73. The molecule has 0 unspecified atom stereocenters. The third-order valence-electron chi connectivity index (χ3n) is 5.12. The predicted octanol–water partition coefficient (Wildman–Crippen LogP) is 3.51. The Hall–Kier alpha value is -3.62. The molecular weight excluding hydrogens is 392 g/mol. The van der Waals surface area contributed by atoms with Gasteiger partial charge in [-0.25, -0.2) is 9.97 Å². The van der Waals surface area contributed by atoms with E-state index >= 15 is 0 Å². The molecule has 0 saturated carbocycles. The fraction of sp³-hybridized carbons (Fsp3) is 0.238. The third kappa shape index (κ3) is 3.42. The van der Waals surface area contributed by atoms with Crippen LogP contribution in [0.25, 0.3) is 16.8 Å². The molecule has 0 aliphatic carbocycles. The molecule has 152 valence electrons. The summed E-state index contributed by atoms with van der Waals surface area (Å²) in [7, 11) is 0. The molecule has 0 radical (unpaired) electrons. The number of benzene rings is 1. The summed E-state index contributed by atoms with van der Waals surface area (Å²) in [4.78, 5) is 8.53. The van der Waals surface area contributed by atoms with Gasteiger partial charge in [0, 0.05) is 48.0 Å². The molecule has 0 saturated heterocycles. The summed E-state index contributed by atoms with van der Waals surface area (Å²) in [6, 6.07) is 9.17. The Labute approximate surface area is 170 Å². The van der Waals surface area contributed by atoms with Gasteiger partial charge in [-0.3, -0.25) is 4.40 Å². The predicted molar refractivity (Wildman–Crippen MR) is 104 cm³/mol. The highest BCUT2D eigenvalue weighted by Gasteiger charge is 2.17. The molecule has 0 N–H and O–H groups in total. The number of ether oxygens (including phenoxy) is 2. The first-order chi connectivity index (χ1) is 14.7. The average Bonchev–Trinajstić information content (AvgIpc) is 3.42. The number of pyridine rings is 1. The SMILES string of the molecule is FC(F)Oc1ccc(-c2cnc(CCc3cccc4c3CCO4)n3cnnc23)cn1. The van der Waals surface area contributed by atoms with Crippen LogP contribution in [0.3, 0.4) is 0 Å². The standard InChI is InChI=1S/C21H17F2N5O2/c22-21(23)30-19-7-5-14(10-25-19)16-11-24-18(28-12-26-27-20(16)28)6-4-13-2-1-3-17-15(13)8-9-29-17/h1-3,5,7,10-12,21H,4,6,8-9H2. The summed E-state index contributed by atoms with van der Waals surface area (Å²) in [5, 5.41) is 8.24. The van der Waals surface area contributed by atoms with Gasteiger partial charge in [-0.15, -0.1) is 10.2 Å². The quantitative estimate of drug-likeness (QED) is 0.485. The van der Waals surface area contributed by atoms with Crippen LogP contribution in [0.5, 0.6) is 11.6 Å². The number of halogens is 2. The number of fused-ring (bicyclic) bond motifs is 2. The molecule has 4 aromatic rings. The number of aromatic nitrogens is 5. The molecule has 9 heteroatoms. The van der Waals surface area contributed by atoms with Crippen molar-refractivity contribution in [3.8, 4) is 22.8 Å². The lowest BCUT2D eigenvalue weighted by atomic mass is 10.0. The van der Waals surface area contributed by atoms with Crippen molar-refractivity contribution in [2.24, 2.45) is 0 Å². The normalized spacial score (nSPS) is 12.9. The summed E-state index contributed by atoms with van der Waals surface area (Å²) in [6.45, 7) is -2.19. The van der Waals surface area contributed by atoms with E-state index in [1.165, 1.54) is 23.4 Å². The number of rotatable bonds is 6. The first-order valence-corrected chi connectivity index (χ1v) is 9.51. The Kier molecular flexibility index (Phi) is 4.70. The molecule has 1 aliphatic heterocycles. The number of aryl methyl sites for hydroxylation is 2. The van der Waals surface area contributed by atoms with Crippen molar-refractivity contribution in [3.05, 3.63) is 66.0 Å². The van der Waals surface area contributed by atoms with Gasteiger partial charge < -0.3 is 9.47 Å². The molecule has 0 amide bonds. The average molecular weight is 409 g/mol. The second-order valence-corrected chi connectivity index (χ2v) is 6.87. The molecule has 1 aromatic carbocycles. The van der Waals surface area contributed by atoms with Gasteiger partial charge in [0.2, 0.25) is 5.88 Å². The van der Waals surface area contributed by atoms with Crippen molar-refractivity contribution in [1.82, 2.24) is 24.6 Å². The van der Waals surface area contributed by atoms with Crippen molar-refractivity contribution in [2.45, 2.75) is 25.9 Å². The maximum atomic E-state index is 12.3. The minimum absolute atomic E-state index is 0.143. The molecule has 3 aromatic heterocycles. The molecule has 1 aliphatic rings. The Morgan fingerprint density at radius 2 is 2.03 bits per heavy atom. The molecule has 4 heterocycles. The van der Waals surface area contributed by atoms with Gasteiger partial charge in [0.25, 0.3) is 0 Å². The van der Waals surface area contributed by atoms with E-state index in [4.69, 9.17) is 4.74 Å². The molecule has 7 nitrogen and oxygen atoms in total. The molecule has 0 atom stereocenters. The Bertz CT molecular complexity index is 1190. The number of nitrogens with zero attached hydrogens (tertiary/aromatic N) is 5. The van der Waals surface area contributed by atoms with Crippen molar-refractivity contribution < 1.29 is 18.3 Å². The molecule has 0 fully saturated rings. The first-order valence-electron chi connectivity index (χ1n) is 9.51. The summed E-state index contributed by atoms with van der Waals surface area (Å²) >= 11 is 0. The van der Waals surface area contributed by atoms with Gasteiger partial charge >= 0.3 is 6.61 Å².